The highest BCUT2D eigenvalue weighted by Crippen LogP contribution is 2.42. The molecule has 1 fully saturated rings. The number of benzene rings is 2. The number of β-lactam (4-membered cyclic amide) rings is 1. The third kappa shape index (κ3) is 5.82. The van der Waals surface area contributed by atoms with Crippen molar-refractivity contribution in [1.82, 2.24) is 10.2 Å². The van der Waals surface area contributed by atoms with Crippen molar-refractivity contribution < 1.29 is 19.1 Å². The number of nitrogens with one attached hydrogen (secondary N) is 1. The zero-order valence-corrected chi connectivity index (χ0v) is 22.8. The molecule has 2 atom stereocenters. The van der Waals surface area contributed by atoms with Gasteiger partial charge in [0, 0.05) is 11.2 Å². The number of allylic oxidation sites excluding steroid dienone is 2. The number of fused-ring (bicyclic) bond motifs is 1. The maximum absolute atomic E-state index is 13.8. The second kappa shape index (κ2) is 11.0. The van der Waals surface area contributed by atoms with Crippen molar-refractivity contribution >= 4 is 29.5 Å². The fourth-order valence-electron chi connectivity index (χ4n) is 4.26. The van der Waals surface area contributed by atoms with Crippen molar-refractivity contribution in [2.24, 2.45) is 5.41 Å². The molecule has 1 saturated heterocycles. The van der Waals surface area contributed by atoms with Crippen LogP contribution in [0.5, 0.6) is 0 Å². The quantitative estimate of drug-likeness (QED) is 0.303. The van der Waals surface area contributed by atoms with Crippen LogP contribution in [-0.2, 0) is 19.1 Å². The summed E-state index contributed by atoms with van der Waals surface area (Å²) >= 11 is 1.57. The summed E-state index contributed by atoms with van der Waals surface area (Å²) in [6.45, 7) is 9.44. The SMILES string of the molecule is CC(C)=CCC1=C(C(=O)OC(c2ccccc2)c2ccccc2)N2C(=O)C(NC(=O)C(C)(C)C)[C@H]2SC1. The maximum atomic E-state index is 13.8. The summed E-state index contributed by atoms with van der Waals surface area (Å²) in [6, 6.07) is 18.5. The van der Waals surface area contributed by atoms with Crippen molar-refractivity contribution in [2.45, 2.75) is 58.6 Å². The normalized spacial score (nSPS) is 19.2. The lowest BCUT2D eigenvalue weighted by atomic mass is 9.93. The molecule has 37 heavy (non-hydrogen) atoms. The van der Waals surface area contributed by atoms with E-state index in [4.69, 9.17) is 4.74 Å². The molecule has 0 aromatic heterocycles. The average molecular weight is 519 g/mol. The van der Waals surface area contributed by atoms with Crippen molar-refractivity contribution in [1.29, 1.82) is 0 Å². The van der Waals surface area contributed by atoms with Crippen molar-refractivity contribution in [2.75, 3.05) is 5.75 Å². The van der Waals surface area contributed by atoms with E-state index >= 15 is 0 Å². The highest BCUT2D eigenvalue weighted by molar-refractivity contribution is 8.00. The minimum atomic E-state index is -0.663. The van der Waals surface area contributed by atoms with E-state index < -0.39 is 23.5 Å². The number of amides is 2. The Morgan fingerprint density at radius 1 is 1.05 bits per heavy atom. The number of nitrogens with zero attached hydrogens (tertiary/aromatic N) is 1. The van der Waals surface area contributed by atoms with Gasteiger partial charge in [0.15, 0.2) is 6.10 Å². The largest absolute Gasteiger partial charge is 0.448 e. The molecule has 0 saturated carbocycles. The second-order valence-corrected chi connectivity index (χ2v) is 11.8. The maximum Gasteiger partial charge on any atom is 0.356 e. The number of rotatable bonds is 7. The molecule has 0 spiro atoms. The van der Waals surface area contributed by atoms with Gasteiger partial charge in [0.25, 0.3) is 5.91 Å². The van der Waals surface area contributed by atoms with Gasteiger partial charge in [-0.3, -0.25) is 14.5 Å². The smallest absolute Gasteiger partial charge is 0.356 e. The molecule has 0 bridgehead atoms. The summed E-state index contributed by atoms with van der Waals surface area (Å²) < 4.78 is 6.16. The zero-order chi connectivity index (χ0) is 26.7. The number of esters is 1. The third-order valence-electron chi connectivity index (χ3n) is 6.39. The van der Waals surface area contributed by atoms with Gasteiger partial charge in [-0.1, -0.05) is 93.1 Å². The zero-order valence-electron chi connectivity index (χ0n) is 22.0. The lowest BCUT2D eigenvalue weighted by molar-refractivity contribution is -0.155. The van der Waals surface area contributed by atoms with Crippen LogP contribution in [0.2, 0.25) is 0 Å². The van der Waals surface area contributed by atoms with Crippen molar-refractivity contribution in [3.8, 4) is 0 Å². The van der Waals surface area contributed by atoms with Gasteiger partial charge < -0.3 is 10.1 Å². The van der Waals surface area contributed by atoms with E-state index in [-0.39, 0.29) is 17.2 Å². The molecule has 2 heterocycles. The molecule has 2 amide bonds. The molecule has 194 valence electrons. The van der Waals surface area contributed by atoms with E-state index in [1.807, 2.05) is 95.3 Å². The first-order valence-electron chi connectivity index (χ1n) is 12.5. The fourth-order valence-corrected chi connectivity index (χ4v) is 5.62. The molecule has 6 nitrogen and oxygen atoms in total. The van der Waals surface area contributed by atoms with Crippen LogP contribution in [0.1, 0.15) is 58.3 Å². The third-order valence-corrected chi connectivity index (χ3v) is 7.73. The minimum Gasteiger partial charge on any atom is -0.448 e. The van der Waals surface area contributed by atoms with Crippen LogP contribution in [0.25, 0.3) is 0 Å². The summed E-state index contributed by atoms with van der Waals surface area (Å²) in [4.78, 5) is 41.3. The molecule has 2 aromatic carbocycles. The second-order valence-electron chi connectivity index (χ2n) is 10.7. The molecule has 4 rings (SSSR count). The van der Waals surface area contributed by atoms with Gasteiger partial charge >= 0.3 is 5.97 Å². The predicted molar refractivity (Wildman–Crippen MR) is 146 cm³/mol. The topological polar surface area (TPSA) is 75.7 Å². The van der Waals surface area contributed by atoms with Gasteiger partial charge in [-0.15, -0.1) is 11.8 Å². The summed E-state index contributed by atoms with van der Waals surface area (Å²) in [7, 11) is 0. The average Bonchev–Trinajstić information content (AvgIpc) is 2.88. The van der Waals surface area contributed by atoms with Crippen LogP contribution in [0, 0.1) is 5.41 Å². The Labute approximate surface area is 223 Å². The standard InChI is InChI=1S/C30H34N2O4S/c1-19(2)16-17-22-18-37-27-23(31-29(35)30(3,4)5)26(33)32(27)24(22)28(34)36-25(20-12-8-6-9-13-20)21-14-10-7-11-15-21/h6-16,23,25,27H,17-18H2,1-5H3,(H,31,35)/t23?,27-/m1/s1. The minimum absolute atomic E-state index is 0.192. The predicted octanol–water partition coefficient (Wildman–Crippen LogP) is 5.38. The first-order chi connectivity index (χ1) is 17.6. The van der Waals surface area contributed by atoms with Crippen LogP contribution in [0.4, 0.5) is 0 Å². The first kappa shape index (κ1) is 26.7. The van der Waals surface area contributed by atoms with Gasteiger partial charge in [-0.25, -0.2) is 4.79 Å². The Hall–Kier alpha value is -3.32. The summed E-state index contributed by atoms with van der Waals surface area (Å²) in [5.41, 5.74) is 3.35. The monoisotopic (exact) mass is 518 g/mol. The van der Waals surface area contributed by atoms with Gasteiger partial charge in [-0.05, 0) is 37.0 Å². The number of hydrogen-bond donors (Lipinski definition) is 1. The summed E-state index contributed by atoms with van der Waals surface area (Å²) in [6.07, 6.45) is 1.99. The van der Waals surface area contributed by atoms with E-state index in [1.54, 1.807) is 11.8 Å². The number of thioether (sulfide) groups is 1. The van der Waals surface area contributed by atoms with Crippen LogP contribution >= 0.6 is 11.8 Å². The lowest BCUT2D eigenvalue weighted by Gasteiger charge is -2.50. The Bertz CT molecular complexity index is 1190. The van der Waals surface area contributed by atoms with E-state index in [0.717, 1.165) is 22.3 Å². The van der Waals surface area contributed by atoms with Gasteiger partial charge in [0.2, 0.25) is 5.91 Å². The molecule has 0 aliphatic carbocycles. The van der Waals surface area contributed by atoms with Crippen LogP contribution in [0.15, 0.2) is 83.6 Å². The number of hydrogen-bond acceptors (Lipinski definition) is 5. The Balaban J connectivity index is 1.66. The number of ether oxygens (including phenoxy) is 1. The Kier molecular flexibility index (Phi) is 7.93. The lowest BCUT2D eigenvalue weighted by Crippen LogP contribution is -2.71. The van der Waals surface area contributed by atoms with E-state index in [2.05, 4.69) is 11.4 Å². The summed E-state index contributed by atoms with van der Waals surface area (Å²) in [5.74, 6) is -0.435. The molecule has 2 aliphatic heterocycles. The Morgan fingerprint density at radius 3 is 2.14 bits per heavy atom. The van der Waals surface area contributed by atoms with Crippen LogP contribution in [-0.4, -0.2) is 39.9 Å². The van der Waals surface area contributed by atoms with E-state index in [9.17, 15) is 14.4 Å². The molecule has 7 heteroatoms. The van der Waals surface area contributed by atoms with Gasteiger partial charge in [0.1, 0.15) is 17.1 Å². The van der Waals surface area contributed by atoms with E-state index in [0.29, 0.717) is 17.9 Å². The summed E-state index contributed by atoms with van der Waals surface area (Å²) in [5, 5.41) is 2.54. The molecular formula is C30H34N2O4S. The molecule has 1 N–H and O–H groups in total. The van der Waals surface area contributed by atoms with Crippen LogP contribution < -0.4 is 5.32 Å². The van der Waals surface area contributed by atoms with Crippen molar-refractivity contribution in [3.63, 3.8) is 0 Å². The van der Waals surface area contributed by atoms with Gasteiger partial charge in [0.05, 0.1) is 0 Å². The number of carbonyl (C=O) groups is 3. The fraction of sp³-hybridized carbons (Fsp3) is 0.367. The highest BCUT2D eigenvalue weighted by atomic mass is 32.2. The molecule has 2 aromatic rings. The molecule has 0 radical (unpaired) electrons. The van der Waals surface area contributed by atoms with E-state index in [1.165, 1.54) is 4.90 Å². The molecular weight excluding hydrogens is 484 g/mol. The van der Waals surface area contributed by atoms with Crippen LogP contribution in [0.3, 0.4) is 0 Å². The number of carbonyl (C=O) groups excluding carboxylic acids is 3. The van der Waals surface area contributed by atoms with Gasteiger partial charge in [-0.2, -0.15) is 0 Å². The first-order valence-corrected chi connectivity index (χ1v) is 13.5. The Morgan fingerprint density at radius 2 is 1.62 bits per heavy atom. The molecule has 2 aliphatic rings. The van der Waals surface area contributed by atoms with Crippen molar-refractivity contribution in [3.05, 3.63) is 94.7 Å². The highest BCUT2D eigenvalue weighted by Gasteiger charge is 2.55. The molecule has 1 unspecified atom stereocenters.